The molecule has 0 bridgehead atoms. The van der Waals surface area contributed by atoms with Crippen molar-refractivity contribution in [2.45, 2.75) is 369 Å². The van der Waals surface area contributed by atoms with Gasteiger partial charge in [0.2, 0.25) is 0 Å². The summed E-state index contributed by atoms with van der Waals surface area (Å²) in [7, 11) is -9.90. The molecule has 0 saturated carbocycles. The van der Waals surface area contributed by atoms with Crippen LogP contribution in [0.5, 0.6) is 0 Å². The zero-order valence-electron chi connectivity index (χ0n) is 58.8. The zero-order chi connectivity index (χ0) is 66.8. The molecule has 0 aromatic heterocycles. The number of aliphatic hydroxyl groups is 1. The van der Waals surface area contributed by atoms with Crippen LogP contribution in [0, 0.1) is 23.7 Å². The maximum absolute atomic E-state index is 13.0. The fourth-order valence-electron chi connectivity index (χ4n) is 10.6. The molecule has 0 saturated heterocycles. The van der Waals surface area contributed by atoms with Gasteiger partial charge in [-0.3, -0.25) is 37.3 Å². The molecule has 0 aromatic carbocycles. The van der Waals surface area contributed by atoms with Crippen LogP contribution < -0.4 is 0 Å². The van der Waals surface area contributed by atoms with Gasteiger partial charge in [0.15, 0.2) is 12.2 Å². The average molecular weight is 1330 g/mol. The number of rotatable bonds is 68. The van der Waals surface area contributed by atoms with Crippen LogP contribution in [0.15, 0.2) is 0 Å². The lowest BCUT2D eigenvalue weighted by Crippen LogP contribution is -2.30. The topological polar surface area (TPSA) is 237 Å². The molecule has 3 N–H and O–H groups in total. The molecule has 0 fully saturated rings. The number of phosphoric ester groups is 2. The predicted molar refractivity (Wildman–Crippen MR) is 363 cm³/mol. The van der Waals surface area contributed by atoms with Crippen molar-refractivity contribution in [2.24, 2.45) is 23.7 Å². The smallest absolute Gasteiger partial charge is 0.462 e. The van der Waals surface area contributed by atoms with E-state index in [2.05, 4.69) is 55.4 Å². The van der Waals surface area contributed by atoms with Crippen LogP contribution in [0.1, 0.15) is 351 Å². The third-order valence-electron chi connectivity index (χ3n) is 16.7. The molecule has 534 valence electrons. The van der Waals surface area contributed by atoms with Gasteiger partial charge < -0.3 is 33.8 Å². The van der Waals surface area contributed by atoms with Crippen LogP contribution in [0.25, 0.3) is 0 Å². The Hall–Kier alpha value is -1.94. The summed E-state index contributed by atoms with van der Waals surface area (Å²) in [5.74, 6) is 0.867. The van der Waals surface area contributed by atoms with Crippen molar-refractivity contribution in [3.63, 3.8) is 0 Å². The minimum absolute atomic E-state index is 0.104. The van der Waals surface area contributed by atoms with Gasteiger partial charge in [-0.25, -0.2) is 9.13 Å². The average Bonchev–Trinajstić information content (AvgIpc) is 2.85. The van der Waals surface area contributed by atoms with Crippen LogP contribution in [-0.4, -0.2) is 96.7 Å². The normalized spacial score (nSPS) is 14.6. The Morgan fingerprint density at radius 1 is 0.311 bits per heavy atom. The van der Waals surface area contributed by atoms with Crippen molar-refractivity contribution in [1.29, 1.82) is 0 Å². The molecule has 17 nitrogen and oxygen atoms in total. The van der Waals surface area contributed by atoms with Gasteiger partial charge in [-0.05, 0) is 49.4 Å². The summed E-state index contributed by atoms with van der Waals surface area (Å²) in [5, 5.41) is 10.6. The largest absolute Gasteiger partial charge is 0.472 e. The first-order chi connectivity index (χ1) is 43.1. The van der Waals surface area contributed by atoms with E-state index in [4.69, 9.17) is 37.0 Å². The fourth-order valence-corrected chi connectivity index (χ4v) is 12.2. The molecular formula is C71H138O17P2. The molecule has 0 amide bonds. The molecule has 0 spiro atoms. The van der Waals surface area contributed by atoms with Crippen molar-refractivity contribution in [2.75, 3.05) is 39.6 Å². The second kappa shape index (κ2) is 60.7. The van der Waals surface area contributed by atoms with E-state index in [1.807, 2.05) is 0 Å². The number of hydrogen-bond donors (Lipinski definition) is 3. The van der Waals surface area contributed by atoms with E-state index >= 15 is 0 Å². The quantitative estimate of drug-likeness (QED) is 0.0222. The third kappa shape index (κ3) is 63.5. The summed E-state index contributed by atoms with van der Waals surface area (Å²) in [6, 6.07) is 0. The van der Waals surface area contributed by atoms with Crippen LogP contribution >= 0.6 is 15.6 Å². The lowest BCUT2D eigenvalue weighted by molar-refractivity contribution is -0.161. The molecule has 3 unspecified atom stereocenters. The van der Waals surface area contributed by atoms with Crippen molar-refractivity contribution >= 4 is 39.5 Å². The Balaban J connectivity index is 5.25. The summed E-state index contributed by atoms with van der Waals surface area (Å²) in [6.07, 6.45) is 43.1. The number of carbonyl (C=O) groups excluding carboxylic acids is 4. The van der Waals surface area contributed by atoms with Gasteiger partial charge in [0.1, 0.15) is 19.3 Å². The summed E-state index contributed by atoms with van der Waals surface area (Å²) in [4.78, 5) is 72.6. The monoisotopic (exact) mass is 1320 g/mol. The SMILES string of the molecule is CCC(C)CCCCCCCCC(=O)OC[C@H](COP(=O)(O)OC[C@H](O)COP(=O)(O)OC[C@@H](COC(=O)CCCCCCCCCCC(C)C)OC(=O)CCCCCCCCCCCCCCCC(C)C)OC(=O)CCCCCCCCCCCCC(C)C. The molecule has 0 radical (unpaired) electrons. The maximum Gasteiger partial charge on any atom is 0.472 e. The summed E-state index contributed by atoms with van der Waals surface area (Å²) in [5.41, 5.74) is 0. The second-order valence-electron chi connectivity index (χ2n) is 27.3. The number of carbonyl (C=O) groups is 4. The Labute approximate surface area is 549 Å². The van der Waals surface area contributed by atoms with E-state index < -0.39 is 97.5 Å². The van der Waals surface area contributed by atoms with E-state index in [-0.39, 0.29) is 25.7 Å². The highest BCUT2D eigenvalue weighted by molar-refractivity contribution is 7.47. The third-order valence-corrected chi connectivity index (χ3v) is 18.6. The van der Waals surface area contributed by atoms with E-state index in [1.165, 1.54) is 148 Å². The molecule has 0 heterocycles. The number of ether oxygens (including phenoxy) is 4. The minimum atomic E-state index is -4.95. The number of aliphatic hydroxyl groups excluding tert-OH is 1. The van der Waals surface area contributed by atoms with E-state index in [0.29, 0.717) is 25.7 Å². The van der Waals surface area contributed by atoms with Crippen LogP contribution in [0.4, 0.5) is 0 Å². The van der Waals surface area contributed by atoms with Crippen molar-refractivity contribution in [3.8, 4) is 0 Å². The van der Waals surface area contributed by atoms with Gasteiger partial charge in [-0.2, -0.15) is 0 Å². The summed E-state index contributed by atoms with van der Waals surface area (Å²) >= 11 is 0. The predicted octanol–water partition coefficient (Wildman–Crippen LogP) is 20.1. The van der Waals surface area contributed by atoms with Gasteiger partial charge >= 0.3 is 39.5 Å². The molecule has 6 atom stereocenters. The number of hydrogen-bond acceptors (Lipinski definition) is 15. The molecule has 0 aromatic rings. The van der Waals surface area contributed by atoms with Gasteiger partial charge in [0.05, 0.1) is 26.4 Å². The first-order valence-corrected chi connectivity index (χ1v) is 39.7. The first kappa shape index (κ1) is 88.1. The van der Waals surface area contributed by atoms with E-state index in [0.717, 1.165) is 120 Å². The molecule has 0 aliphatic heterocycles. The lowest BCUT2D eigenvalue weighted by Gasteiger charge is -2.21. The zero-order valence-corrected chi connectivity index (χ0v) is 60.6. The maximum atomic E-state index is 13.0. The van der Waals surface area contributed by atoms with Crippen LogP contribution in [-0.2, 0) is 65.4 Å². The van der Waals surface area contributed by atoms with Crippen molar-refractivity contribution < 1.29 is 80.2 Å². The Kier molecular flexibility index (Phi) is 59.4. The minimum Gasteiger partial charge on any atom is -0.462 e. The molecule has 0 aliphatic rings. The molecule has 0 aliphatic carbocycles. The highest BCUT2D eigenvalue weighted by Crippen LogP contribution is 2.45. The van der Waals surface area contributed by atoms with Crippen LogP contribution in [0.2, 0.25) is 0 Å². The Bertz CT molecular complexity index is 1780. The number of esters is 4. The number of unbranched alkanes of at least 4 members (excludes halogenated alkanes) is 33. The Morgan fingerprint density at radius 2 is 0.533 bits per heavy atom. The highest BCUT2D eigenvalue weighted by atomic mass is 31.2. The highest BCUT2D eigenvalue weighted by Gasteiger charge is 2.30. The fraction of sp³-hybridized carbons (Fsp3) is 0.944. The molecule has 90 heavy (non-hydrogen) atoms. The van der Waals surface area contributed by atoms with Gasteiger partial charge in [-0.1, -0.05) is 299 Å². The van der Waals surface area contributed by atoms with E-state index in [1.54, 1.807) is 0 Å². The molecule has 19 heteroatoms. The van der Waals surface area contributed by atoms with Gasteiger partial charge in [-0.15, -0.1) is 0 Å². The van der Waals surface area contributed by atoms with Gasteiger partial charge in [0, 0.05) is 25.7 Å². The number of phosphoric acid groups is 2. The molecule has 0 rings (SSSR count). The molecular weight excluding hydrogens is 1190 g/mol. The standard InChI is InChI=1S/C71H138O17P2/c1-9-64(8)50-42-34-29-30-36-44-52-69(74)82-58-67(88-71(76)54-46-38-28-20-16-15-18-24-32-40-48-62(4)5)60-86-90(79,80)84-56-65(72)55-83-89(77,78)85-59-66(57-81-68(73)51-43-35-26-22-21-25-33-41-49-63(6)7)87-70(75)53-45-37-27-19-14-12-10-11-13-17-23-31-39-47-61(2)3/h61-67,72H,9-60H2,1-8H3,(H,77,78)(H,79,80)/t64?,65-,66-,67-/m1/s1. The first-order valence-electron chi connectivity index (χ1n) is 36.7. The van der Waals surface area contributed by atoms with E-state index in [9.17, 15) is 43.2 Å². The summed E-state index contributed by atoms with van der Waals surface area (Å²) in [6.45, 7) is 14.1. The van der Waals surface area contributed by atoms with Crippen molar-refractivity contribution in [3.05, 3.63) is 0 Å². The van der Waals surface area contributed by atoms with Crippen LogP contribution in [0.3, 0.4) is 0 Å². The van der Waals surface area contributed by atoms with Gasteiger partial charge in [0.25, 0.3) is 0 Å². The van der Waals surface area contributed by atoms with Crippen molar-refractivity contribution in [1.82, 2.24) is 0 Å². The second-order valence-corrected chi connectivity index (χ2v) is 30.2. The summed E-state index contributed by atoms with van der Waals surface area (Å²) < 4.78 is 68.3. The lowest BCUT2D eigenvalue weighted by atomic mass is 10.00. The Morgan fingerprint density at radius 3 is 0.789 bits per heavy atom.